The molecule has 1 aliphatic carbocycles. The number of nitrogens with two attached hydrogens (primary N) is 1. The number of nitrogens with zero attached hydrogens (tertiary/aromatic N) is 1. The zero-order valence-corrected chi connectivity index (χ0v) is 9.14. The second-order valence-electron chi connectivity index (χ2n) is 5.21. The van der Waals surface area contributed by atoms with E-state index in [-0.39, 0.29) is 18.3 Å². The molecule has 2 nitrogen and oxygen atoms in total. The fourth-order valence-corrected chi connectivity index (χ4v) is 2.87. The van der Waals surface area contributed by atoms with Gasteiger partial charge in [-0.15, -0.1) is 0 Å². The molecule has 0 spiro atoms. The summed E-state index contributed by atoms with van der Waals surface area (Å²) in [6, 6.07) is 0. The normalized spacial score (nSPS) is 29.0. The van der Waals surface area contributed by atoms with Gasteiger partial charge in [0, 0.05) is 12.8 Å². The van der Waals surface area contributed by atoms with Crippen LogP contribution in [0, 0.1) is 5.41 Å². The van der Waals surface area contributed by atoms with Crippen molar-refractivity contribution in [1.82, 2.24) is 4.90 Å². The Labute approximate surface area is 89.8 Å². The van der Waals surface area contributed by atoms with Gasteiger partial charge < -0.3 is 10.6 Å². The third-order valence-corrected chi connectivity index (χ3v) is 3.86. The molecule has 0 atom stereocenters. The van der Waals surface area contributed by atoms with Gasteiger partial charge in [-0.3, -0.25) is 0 Å². The molecule has 0 unspecified atom stereocenters. The lowest BCUT2D eigenvalue weighted by Crippen LogP contribution is -2.51. The molecule has 0 amide bonds. The average molecular weight is 218 g/mol. The molecule has 2 fully saturated rings. The molecule has 0 aromatic carbocycles. The molecule has 1 heterocycles. The highest BCUT2D eigenvalue weighted by Crippen LogP contribution is 2.53. The Balaban J connectivity index is 1.77. The van der Waals surface area contributed by atoms with Crippen LogP contribution < -0.4 is 5.73 Å². The summed E-state index contributed by atoms with van der Waals surface area (Å²) < 4.78 is 25.7. The minimum Gasteiger partial charge on any atom is -0.330 e. The van der Waals surface area contributed by atoms with Gasteiger partial charge in [-0.25, -0.2) is 8.78 Å². The molecule has 4 heteroatoms. The molecule has 1 aliphatic heterocycles. The maximum absolute atomic E-state index is 12.9. The van der Waals surface area contributed by atoms with E-state index in [1.807, 2.05) is 0 Å². The first kappa shape index (κ1) is 11.3. The minimum atomic E-state index is -2.44. The first-order chi connectivity index (χ1) is 7.05. The van der Waals surface area contributed by atoms with E-state index in [4.69, 9.17) is 5.73 Å². The molecule has 88 valence electrons. The van der Waals surface area contributed by atoms with Crippen LogP contribution in [0.2, 0.25) is 0 Å². The van der Waals surface area contributed by atoms with E-state index >= 15 is 0 Å². The van der Waals surface area contributed by atoms with Crippen molar-refractivity contribution in [1.29, 1.82) is 0 Å². The van der Waals surface area contributed by atoms with E-state index in [9.17, 15) is 8.78 Å². The first-order valence-corrected chi connectivity index (χ1v) is 5.86. The van der Waals surface area contributed by atoms with Crippen molar-refractivity contribution < 1.29 is 8.78 Å². The highest BCUT2D eigenvalue weighted by atomic mass is 19.3. The second kappa shape index (κ2) is 3.98. The van der Waals surface area contributed by atoms with Gasteiger partial charge >= 0.3 is 0 Å². The van der Waals surface area contributed by atoms with E-state index in [0.717, 1.165) is 26.1 Å². The predicted octanol–water partition coefficient (Wildman–Crippen LogP) is 1.85. The van der Waals surface area contributed by atoms with Crippen molar-refractivity contribution in [2.45, 2.75) is 38.0 Å². The van der Waals surface area contributed by atoms with Crippen molar-refractivity contribution in [3.8, 4) is 0 Å². The fourth-order valence-electron chi connectivity index (χ4n) is 2.87. The zero-order chi connectivity index (χ0) is 10.9. The Morgan fingerprint density at radius 3 is 2.20 bits per heavy atom. The van der Waals surface area contributed by atoms with Crippen LogP contribution in [0.3, 0.4) is 0 Å². The monoisotopic (exact) mass is 218 g/mol. The van der Waals surface area contributed by atoms with E-state index in [1.54, 1.807) is 0 Å². The lowest BCUT2D eigenvalue weighted by atomic mass is 9.64. The van der Waals surface area contributed by atoms with Gasteiger partial charge in [0.05, 0.1) is 0 Å². The largest absolute Gasteiger partial charge is 0.330 e. The molecular weight excluding hydrogens is 198 g/mol. The lowest BCUT2D eigenvalue weighted by molar-refractivity contribution is -0.161. The first-order valence-electron chi connectivity index (χ1n) is 5.86. The topological polar surface area (TPSA) is 29.3 Å². The van der Waals surface area contributed by atoms with E-state index in [2.05, 4.69) is 4.90 Å². The highest BCUT2D eigenvalue weighted by molar-refractivity contribution is 4.99. The van der Waals surface area contributed by atoms with Crippen molar-refractivity contribution in [2.24, 2.45) is 11.1 Å². The lowest BCUT2D eigenvalue weighted by Gasteiger charge is -2.47. The summed E-state index contributed by atoms with van der Waals surface area (Å²) in [6.45, 7) is 3.64. The number of hydrogen-bond acceptors (Lipinski definition) is 2. The zero-order valence-electron chi connectivity index (χ0n) is 9.14. The summed E-state index contributed by atoms with van der Waals surface area (Å²) in [7, 11) is 0. The number of hydrogen-bond donors (Lipinski definition) is 1. The molecule has 15 heavy (non-hydrogen) atoms. The van der Waals surface area contributed by atoms with E-state index in [1.165, 1.54) is 12.8 Å². The maximum Gasteiger partial charge on any atom is 0.249 e. The van der Waals surface area contributed by atoms with Crippen molar-refractivity contribution >= 4 is 0 Å². The van der Waals surface area contributed by atoms with Crippen LogP contribution in [0.25, 0.3) is 0 Å². The van der Waals surface area contributed by atoms with Crippen molar-refractivity contribution in [3.05, 3.63) is 0 Å². The summed E-state index contributed by atoms with van der Waals surface area (Å²) in [4.78, 5) is 2.37. The van der Waals surface area contributed by atoms with Gasteiger partial charge in [0.2, 0.25) is 5.92 Å². The van der Waals surface area contributed by atoms with Gasteiger partial charge in [-0.1, -0.05) is 0 Å². The predicted molar refractivity (Wildman–Crippen MR) is 56.0 cm³/mol. The molecule has 1 saturated heterocycles. The molecule has 2 aliphatic rings. The molecule has 2 rings (SSSR count). The van der Waals surface area contributed by atoms with Gasteiger partial charge in [0.15, 0.2) is 0 Å². The molecule has 0 bridgehead atoms. The summed E-state index contributed by atoms with van der Waals surface area (Å²) in [6.07, 6.45) is 3.37. The standard InChI is InChI=1S/C11H20F2N2/c12-11(13)7-10(8-11,9-14)3-6-15-4-1-2-5-15/h1-9,14H2. The number of likely N-dealkylation sites (tertiary alicyclic amines) is 1. The SMILES string of the molecule is NCC1(CCN2CCCC2)CC(F)(F)C1. The highest BCUT2D eigenvalue weighted by Gasteiger charge is 2.55. The Morgan fingerprint density at radius 2 is 1.73 bits per heavy atom. The molecule has 0 aromatic rings. The minimum absolute atomic E-state index is 0.00431. The molecule has 0 aromatic heterocycles. The van der Waals surface area contributed by atoms with Gasteiger partial charge in [0.1, 0.15) is 0 Å². The Morgan fingerprint density at radius 1 is 1.13 bits per heavy atom. The van der Waals surface area contributed by atoms with Crippen LogP contribution in [0.4, 0.5) is 8.78 Å². The Bertz CT molecular complexity index is 217. The molecule has 1 saturated carbocycles. The van der Waals surface area contributed by atoms with E-state index < -0.39 is 5.92 Å². The fraction of sp³-hybridized carbons (Fsp3) is 1.00. The second-order valence-corrected chi connectivity index (χ2v) is 5.21. The summed E-state index contributed by atoms with van der Waals surface area (Å²) in [5.74, 6) is -2.44. The van der Waals surface area contributed by atoms with Crippen molar-refractivity contribution in [3.63, 3.8) is 0 Å². The third kappa shape index (κ3) is 2.48. The van der Waals surface area contributed by atoms with Crippen LogP contribution in [0.1, 0.15) is 32.1 Å². The maximum atomic E-state index is 12.9. The van der Waals surface area contributed by atoms with Crippen LogP contribution in [0.15, 0.2) is 0 Å². The van der Waals surface area contributed by atoms with Crippen LogP contribution in [0.5, 0.6) is 0 Å². The van der Waals surface area contributed by atoms with E-state index in [0.29, 0.717) is 6.54 Å². The number of halogens is 2. The number of rotatable bonds is 4. The Hall–Kier alpha value is -0.220. The smallest absolute Gasteiger partial charge is 0.249 e. The quantitative estimate of drug-likeness (QED) is 0.780. The molecule has 2 N–H and O–H groups in total. The summed E-state index contributed by atoms with van der Waals surface area (Å²) in [5.41, 5.74) is 5.36. The van der Waals surface area contributed by atoms with Gasteiger partial charge in [-0.2, -0.15) is 0 Å². The molecular formula is C11H20F2N2. The number of alkyl halides is 2. The van der Waals surface area contributed by atoms with Crippen molar-refractivity contribution in [2.75, 3.05) is 26.2 Å². The summed E-state index contributed by atoms with van der Waals surface area (Å²) >= 11 is 0. The van der Waals surface area contributed by atoms with Gasteiger partial charge in [-0.05, 0) is 50.9 Å². The summed E-state index contributed by atoms with van der Waals surface area (Å²) in [5, 5.41) is 0. The Kier molecular flexibility index (Phi) is 2.99. The average Bonchev–Trinajstić information content (AvgIpc) is 2.63. The van der Waals surface area contributed by atoms with Gasteiger partial charge in [0.25, 0.3) is 0 Å². The third-order valence-electron chi connectivity index (χ3n) is 3.86. The molecule has 0 radical (unpaired) electrons. The van der Waals surface area contributed by atoms with Crippen LogP contribution >= 0.6 is 0 Å². The van der Waals surface area contributed by atoms with Crippen LogP contribution in [-0.4, -0.2) is 37.0 Å². The van der Waals surface area contributed by atoms with Crippen LogP contribution in [-0.2, 0) is 0 Å².